The standard InChI is InChI=1S/C31H34N4O5/c1-20-5-7-25(21(2)13-20)31-26-15-28(40-12-10-23-16-32-17-29(34-23)38-4)27(37-3)14-22(26)9-11-35(31)30(36)8-6-24-18-39-19-33-24/h5,7,13-19,31H,6,8-12H2,1-4H3. The molecule has 2 aromatic carbocycles. The number of methoxy groups -OCH3 is 2. The van der Waals surface area contributed by atoms with Crippen molar-refractivity contribution in [3.63, 3.8) is 0 Å². The van der Waals surface area contributed by atoms with E-state index >= 15 is 0 Å². The largest absolute Gasteiger partial charge is 0.493 e. The van der Waals surface area contributed by atoms with Gasteiger partial charge in [0.1, 0.15) is 6.26 Å². The highest BCUT2D eigenvalue weighted by Gasteiger charge is 2.34. The van der Waals surface area contributed by atoms with Crippen LogP contribution in [0, 0.1) is 13.8 Å². The minimum absolute atomic E-state index is 0.0773. The Morgan fingerprint density at radius 3 is 2.65 bits per heavy atom. The molecule has 0 N–H and O–H groups in total. The molecule has 208 valence electrons. The molecule has 1 amide bonds. The third kappa shape index (κ3) is 5.93. The Morgan fingerprint density at radius 2 is 1.90 bits per heavy atom. The molecular formula is C31H34N4O5. The number of aryl methyl sites for hydroxylation is 3. The van der Waals surface area contributed by atoms with Crippen molar-refractivity contribution in [1.29, 1.82) is 0 Å². The number of benzene rings is 2. The van der Waals surface area contributed by atoms with Gasteiger partial charge in [-0.1, -0.05) is 23.8 Å². The van der Waals surface area contributed by atoms with Crippen molar-refractivity contribution in [2.24, 2.45) is 0 Å². The van der Waals surface area contributed by atoms with Crippen LogP contribution in [0.1, 0.15) is 51.7 Å². The van der Waals surface area contributed by atoms with E-state index < -0.39 is 0 Å². The number of amides is 1. The SMILES string of the molecule is COc1cncc(CCOc2cc3c(cc2OC)CCN(C(=O)CCc2cocn2)C3c2ccc(C)cc2C)n1. The molecule has 0 aliphatic carbocycles. The van der Waals surface area contributed by atoms with Crippen LogP contribution >= 0.6 is 0 Å². The minimum Gasteiger partial charge on any atom is -0.493 e. The van der Waals surface area contributed by atoms with E-state index in [1.54, 1.807) is 32.9 Å². The summed E-state index contributed by atoms with van der Waals surface area (Å²) in [5, 5.41) is 0. The topological polar surface area (TPSA) is 99.8 Å². The van der Waals surface area contributed by atoms with Gasteiger partial charge in [-0.2, -0.15) is 0 Å². The number of nitrogens with zero attached hydrogens (tertiary/aromatic N) is 4. The lowest BCUT2D eigenvalue weighted by molar-refractivity contribution is -0.133. The van der Waals surface area contributed by atoms with Crippen molar-refractivity contribution < 1.29 is 23.4 Å². The van der Waals surface area contributed by atoms with Crippen molar-refractivity contribution >= 4 is 5.91 Å². The second-order valence-corrected chi connectivity index (χ2v) is 9.93. The average molecular weight is 543 g/mol. The first kappa shape index (κ1) is 27.2. The number of carbonyl (C=O) groups is 1. The fourth-order valence-corrected chi connectivity index (χ4v) is 5.25. The first-order valence-corrected chi connectivity index (χ1v) is 13.4. The van der Waals surface area contributed by atoms with Crippen molar-refractivity contribution in [2.45, 2.75) is 45.6 Å². The van der Waals surface area contributed by atoms with Gasteiger partial charge in [0.2, 0.25) is 11.8 Å². The third-order valence-electron chi connectivity index (χ3n) is 7.26. The Bertz CT molecular complexity index is 1470. The number of hydrogen-bond donors (Lipinski definition) is 0. The fourth-order valence-electron chi connectivity index (χ4n) is 5.25. The van der Waals surface area contributed by atoms with Crippen molar-refractivity contribution in [3.8, 4) is 17.4 Å². The average Bonchev–Trinajstić information content (AvgIpc) is 3.49. The summed E-state index contributed by atoms with van der Waals surface area (Å²) in [4.78, 5) is 28.4. The molecule has 9 nitrogen and oxygen atoms in total. The van der Waals surface area contributed by atoms with E-state index in [-0.39, 0.29) is 11.9 Å². The van der Waals surface area contributed by atoms with Crippen molar-refractivity contribution in [3.05, 3.63) is 94.6 Å². The number of fused-ring (bicyclic) bond motifs is 1. The van der Waals surface area contributed by atoms with Crippen molar-refractivity contribution in [2.75, 3.05) is 27.4 Å². The van der Waals surface area contributed by atoms with Gasteiger partial charge in [-0.25, -0.2) is 9.97 Å². The van der Waals surface area contributed by atoms with Crippen LogP contribution in [0.4, 0.5) is 0 Å². The predicted octanol–water partition coefficient (Wildman–Crippen LogP) is 4.83. The molecular weight excluding hydrogens is 508 g/mol. The first-order valence-electron chi connectivity index (χ1n) is 13.4. The van der Waals surface area contributed by atoms with Gasteiger partial charge < -0.3 is 23.5 Å². The lowest BCUT2D eigenvalue weighted by Gasteiger charge is -2.39. The third-order valence-corrected chi connectivity index (χ3v) is 7.26. The molecule has 2 aromatic heterocycles. The van der Waals surface area contributed by atoms with Crippen molar-refractivity contribution in [1.82, 2.24) is 19.9 Å². The Hall–Kier alpha value is -4.40. The predicted molar refractivity (Wildman–Crippen MR) is 149 cm³/mol. The van der Waals surface area contributed by atoms with E-state index in [2.05, 4.69) is 47.0 Å². The number of oxazole rings is 1. The molecule has 4 aromatic rings. The second kappa shape index (κ2) is 12.2. The lowest BCUT2D eigenvalue weighted by Crippen LogP contribution is -2.41. The van der Waals surface area contributed by atoms with E-state index in [1.165, 1.54) is 12.0 Å². The van der Waals surface area contributed by atoms with E-state index in [4.69, 9.17) is 18.6 Å². The van der Waals surface area contributed by atoms with E-state index in [0.29, 0.717) is 49.8 Å². The summed E-state index contributed by atoms with van der Waals surface area (Å²) >= 11 is 0. The van der Waals surface area contributed by atoms with Crippen LogP contribution < -0.4 is 14.2 Å². The second-order valence-electron chi connectivity index (χ2n) is 9.93. The molecule has 0 bridgehead atoms. The van der Waals surface area contributed by atoms with E-state index in [0.717, 1.165) is 40.1 Å². The van der Waals surface area contributed by atoms with Crippen LogP contribution in [-0.4, -0.2) is 53.1 Å². The molecule has 1 atom stereocenters. The molecule has 0 spiro atoms. The normalized spacial score (nSPS) is 14.5. The molecule has 1 unspecified atom stereocenters. The van der Waals surface area contributed by atoms with Gasteiger partial charge in [0.25, 0.3) is 0 Å². The molecule has 0 radical (unpaired) electrons. The fraction of sp³-hybridized carbons (Fsp3) is 0.355. The quantitative estimate of drug-likeness (QED) is 0.281. The number of hydrogen-bond acceptors (Lipinski definition) is 8. The maximum absolute atomic E-state index is 13.6. The zero-order valence-electron chi connectivity index (χ0n) is 23.3. The smallest absolute Gasteiger partial charge is 0.232 e. The lowest BCUT2D eigenvalue weighted by atomic mass is 9.85. The van der Waals surface area contributed by atoms with Gasteiger partial charge in [-0.15, -0.1) is 0 Å². The van der Waals surface area contributed by atoms with Gasteiger partial charge in [0, 0.05) is 32.0 Å². The van der Waals surface area contributed by atoms with Gasteiger partial charge in [0.15, 0.2) is 17.9 Å². The number of rotatable bonds is 10. The zero-order valence-corrected chi connectivity index (χ0v) is 23.3. The minimum atomic E-state index is -0.244. The Balaban J connectivity index is 1.45. The maximum atomic E-state index is 13.6. The zero-order chi connectivity index (χ0) is 28.1. The maximum Gasteiger partial charge on any atom is 0.232 e. The number of ether oxygens (including phenoxy) is 3. The first-order chi connectivity index (χ1) is 19.5. The number of carbonyl (C=O) groups excluding carboxylic acids is 1. The molecule has 0 saturated heterocycles. The highest BCUT2D eigenvalue weighted by molar-refractivity contribution is 5.78. The van der Waals surface area contributed by atoms with Gasteiger partial charge in [-0.3, -0.25) is 9.78 Å². The van der Waals surface area contributed by atoms with Crippen LogP contribution in [0.5, 0.6) is 17.4 Å². The highest BCUT2D eigenvalue weighted by Crippen LogP contribution is 2.42. The molecule has 0 saturated carbocycles. The summed E-state index contributed by atoms with van der Waals surface area (Å²) in [5.74, 6) is 1.84. The van der Waals surface area contributed by atoms with Crippen LogP contribution in [0.3, 0.4) is 0 Å². The molecule has 9 heteroatoms. The van der Waals surface area contributed by atoms with Gasteiger partial charge in [-0.05, 0) is 54.7 Å². The molecule has 5 rings (SSSR count). The van der Waals surface area contributed by atoms with Gasteiger partial charge >= 0.3 is 0 Å². The number of aromatic nitrogens is 3. The Morgan fingerprint density at radius 1 is 1.02 bits per heavy atom. The highest BCUT2D eigenvalue weighted by atomic mass is 16.5. The van der Waals surface area contributed by atoms with Crippen LogP contribution in [0.25, 0.3) is 0 Å². The molecule has 0 fully saturated rings. The monoisotopic (exact) mass is 542 g/mol. The van der Waals surface area contributed by atoms with Gasteiger partial charge in [0.05, 0.1) is 44.5 Å². The molecule has 40 heavy (non-hydrogen) atoms. The molecule has 1 aliphatic rings. The Kier molecular flexibility index (Phi) is 8.28. The Labute approximate surface area is 234 Å². The summed E-state index contributed by atoms with van der Waals surface area (Å²) < 4.78 is 22.2. The summed E-state index contributed by atoms with van der Waals surface area (Å²) in [6, 6.07) is 10.2. The summed E-state index contributed by atoms with van der Waals surface area (Å²) in [6.45, 7) is 5.17. The summed E-state index contributed by atoms with van der Waals surface area (Å²) in [7, 11) is 3.21. The van der Waals surface area contributed by atoms with E-state index in [1.807, 2.05) is 17.0 Å². The molecule has 1 aliphatic heterocycles. The van der Waals surface area contributed by atoms with Crippen LogP contribution in [-0.2, 0) is 24.1 Å². The van der Waals surface area contributed by atoms with Crippen LogP contribution in [0.15, 0.2) is 59.8 Å². The van der Waals surface area contributed by atoms with Crippen LogP contribution in [0.2, 0.25) is 0 Å². The summed E-state index contributed by atoms with van der Waals surface area (Å²) in [5.41, 5.74) is 7.16. The molecule has 3 heterocycles. The summed E-state index contributed by atoms with van der Waals surface area (Å²) in [6.07, 6.45) is 8.42. The van der Waals surface area contributed by atoms with E-state index in [9.17, 15) is 4.79 Å².